The number of aliphatic carboxylic acids is 1. The third-order valence-corrected chi connectivity index (χ3v) is 2.40. The van der Waals surface area contributed by atoms with Crippen LogP contribution in [-0.2, 0) is 4.79 Å². The molecule has 1 aromatic rings. The fourth-order valence-electron chi connectivity index (χ4n) is 1.61. The lowest BCUT2D eigenvalue weighted by Gasteiger charge is -2.06. The van der Waals surface area contributed by atoms with Gasteiger partial charge in [0, 0.05) is 6.07 Å². The molecule has 0 fully saturated rings. The normalized spacial score (nSPS) is 13.2. The first kappa shape index (κ1) is 14.0. The Labute approximate surface area is 105 Å². The molecule has 0 aliphatic heterocycles. The monoisotopic (exact) mass is 252 g/mol. The third-order valence-electron chi connectivity index (χ3n) is 2.40. The number of ether oxygens (including phenoxy) is 1. The van der Waals surface area contributed by atoms with E-state index >= 15 is 0 Å². The van der Waals surface area contributed by atoms with Crippen LogP contribution in [0.4, 0.5) is 0 Å². The van der Waals surface area contributed by atoms with Gasteiger partial charge >= 0.3 is 11.6 Å². The Morgan fingerprint density at radius 1 is 1.56 bits per heavy atom. The van der Waals surface area contributed by atoms with Crippen LogP contribution in [0.15, 0.2) is 27.4 Å². The summed E-state index contributed by atoms with van der Waals surface area (Å²) in [4.78, 5) is 21.8. The Morgan fingerprint density at radius 2 is 2.22 bits per heavy atom. The number of rotatable bonds is 5. The molecule has 0 spiro atoms. The molecule has 5 nitrogen and oxygen atoms in total. The number of hydrogen-bond donors (Lipinski definition) is 1. The summed E-state index contributed by atoms with van der Waals surface area (Å²) in [5.74, 6) is -0.200. The maximum absolute atomic E-state index is 11.3. The summed E-state index contributed by atoms with van der Waals surface area (Å²) in [6, 6.07) is 2.85. The molecule has 0 aliphatic rings. The minimum Gasteiger partial charge on any atom is -0.496 e. The number of methoxy groups -OCH3 is 1. The summed E-state index contributed by atoms with van der Waals surface area (Å²) < 4.78 is 10.0. The molecule has 98 valence electrons. The van der Waals surface area contributed by atoms with Crippen LogP contribution in [0.1, 0.15) is 26.0 Å². The van der Waals surface area contributed by atoms with Crippen molar-refractivity contribution >= 4 is 11.5 Å². The van der Waals surface area contributed by atoms with Crippen LogP contribution in [0.25, 0.3) is 5.57 Å². The highest BCUT2D eigenvalue weighted by Gasteiger charge is 2.08. The van der Waals surface area contributed by atoms with Crippen LogP contribution in [-0.4, -0.2) is 18.2 Å². The van der Waals surface area contributed by atoms with Gasteiger partial charge in [-0.1, -0.05) is 13.0 Å². The average molecular weight is 252 g/mol. The van der Waals surface area contributed by atoms with E-state index in [1.54, 1.807) is 26.0 Å². The molecular weight excluding hydrogens is 236 g/mol. The molecule has 0 saturated carbocycles. The van der Waals surface area contributed by atoms with Gasteiger partial charge in [-0.2, -0.15) is 0 Å². The molecule has 1 N–H and O–H groups in total. The van der Waals surface area contributed by atoms with Crippen LogP contribution in [0.2, 0.25) is 0 Å². The zero-order valence-electron chi connectivity index (χ0n) is 10.6. The summed E-state index contributed by atoms with van der Waals surface area (Å²) >= 11 is 0. The topological polar surface area (TPSA) is 76.7 Å². The lowest BCUT2D eigenvalue weighted by Crippen LogP contribution is -2.03. The molecule has 1 aromatic heterocycles. The van der Waals surface area contributed by atoms with Crippen LogP contribution in [0.3, 0.4) is 0 Å². The molecule has 0 aliphatic carbocycles. The van der Waals surface area contributed by atoms with Crippen molar-refractivity contribution in [1.82, 2.24) is 0 Å². The van der Waals surface area contributed by atoms with Gasteiger partial charge in [0.15, 0.2) is 0 Å². The molecule has 0 aromatic carbocycles. The molecule has 0 unspecified atom stereocenters. The van der Waals surface area contributed by atoms with Gasteiger partial charge in [0.25, 0.3) is 0 Å². The van der Waals surface area contributed by atoms with Gasteiger partial charge in [-0.05, 0) is 18.4 Å². The van der Waals surface area contributed by atoms with E-state index in [2.05, 4.69) is 0 Å². The predicted octanol–water partition coefficient (Wildman–Crippen LogP) is 2.16. The SMILES string of the molecule is COc1cc(/C(C)=C/[C@@H](C)CC(=O)O)oc(=O)c1. The molecular formula is C13H16O5. The molecule has 1 heterocycles. The minimum atomic E-state index is -0.862. The minimum absolute atomic E-state index is 0.0333. The van der Waals surface area contributed by atoms with E-state index in [4.69, 9.17) is 14.3 Å². The van der Waals surface area contributed by atoms with Gasteiger partial charge in [-0.25, -0.2) is 4.79 Å². The van der Waals surface area contributed by atoms with Crippen LogP contribution < -0.4 is 10.4 Å². The van der Waals surface area contributed by atoms with E-state index in [0.717, 1.165) is 0 Å². The van der Waals surface area contributed by atoms with Gasteiger partial charge in [-0.15, -0.1) is 0 Å². The quantitative estimate of drug-likeness (QED) is 0.868. The lowest BCUT2D eigenvalue weighted by atomic mass is 10.0. The van der Waals surface area contributed by atoms with Gasteiger partial charge in [-0.3, -0.25) is 4.79 Å². The van der Waals surface area contributed by atoms with Crippen molar-refractivity contribution in [1.29, 1.82) is 0 Å². The fourth-order valence-corrected chi connectivity index (χ4v) is 1.61. The number of carboxylic acid groups (broad SMARTS) is 1. The molecule has 1 rings (SSSR count). The van der Waals surface area contributed by atoms with Gasteiger partial charge in [0.05, 0.1) is 19.6 Å². The van der Waals surface area contributed by atoms with E-state index in [1.807, 2.05) is 0 Å². The average Bonchev–Trinajstić information content (AvgIpc) is 2.26. The molecule has 0 bridgehead atoms. The summed E-state index contributed by atoms with van der Waals surface area (Å²) in [5, 5.41) is 8.67. The first-order valence-electron chi connectivity index (χ1n) is 5.52. The summed E-state index contributed by atoms with van der Waals surface area (Å²) in [6.07, 6.45) is 1.79. The standard InChI is InChI=1S/C13H16O5/c1-8(5-12(14)15)4-9(2)11-6-10(17-3)7-13(16)18-11/h4,6-8H,5H2,1-3H3,(H,14,15)/b9-4+/t8-/m1/s1. The summed E-state index contributed by atoms with van der Waals surface area (Å²) in [5.41, 5.74) is 0.211. The second kappa shape index (κ2) is 6.05. The van der Waals surface area contributed by atoms with Crippen molar-refractivity contribution in [3.05, 3.63) is 34.4 Å². The maximum atomic E-state index is 11.3. The Kier molecular flexibility index (Phi) is 4.71. The van der Waals surface area contributed by atoms with E-state index in [9.17, 15) is 9.59 Å². The maximum Gasteiger partial charge on any atom is 0.339 e. The number of hydrogen-bond acceptors (Lipinski definition) is 4. The molecule has 5 heteroatoms. The van der Waals surface area contributed by atoms with Crippen LogP contribution >= 0.6 is 0 Å². The zero-order chi connectivity index (χ0) is 13.7. The van der Waals surface area contributed by atoms with Crippen molar-refractivity contribution in [2.45, 2.75) is 20.3 Å². The van der Waals surface area contributed by atoms with Crippen molar-refractivity contribution in [3.8, 4) is 5.75 Å². The highest BCUT2D eigenvalue weighted by atomic mass is 16.5. The van der Waals surface area contributed by atoms with Gasteiger partial charge in [0.2, 0.25) is 0 Å². The Bertz CT molecular complexity index is 512. The molecule has 0 radical (unpaired) electrons. The summed E-state index contributed by atoms with van der Waals surface area (Å²) in [7, 11) is 1.46. The largest absolute Gasteiger partial charge is 0.496 e. The molecule has 1 atom stereocenters. The van der Waals surface area contributed by atoms with Crippen molar-refractivity contribution in [3.63, 3.8) is 0 Å². The lowest BCUT2D eigenvalue weighted by molar-refractivity contribution is -0.137. The van der Waals surface area contributed by atoms with Crippen molar-refractivity contribution < 1.29 is 19.1 Å². The smallest absolute Gasteiger partial charge is 0.339 e. The first-order chi connectivity index (χ1) is 8.42. The predicted molar refractivity (Wildman–Crippen MR) is 66.6 cm³/mol. The Hall–Kier alpha value is -2.04. The highest BCUT2D eigenvalue weighted by molar-refractivity contribution is 5.68. The van der Waals surface area contributed by atoms with Crippen LogP contribution in [0.5, 0.6) is 5.75 Å². The van der Waals surface area contributed by atoms with Crippen LogP contribution in [0, 0.1) is 5.92 Å². The second-order valence-corrected chi connectivity index (χ2v) is 4.11. The van der Waals surface area contributed by atoms with Crippen molar-refractivity contribution in [2.24, 2.45) is 5.92 Å². The van der Waals surface area contributed by atoms with Gasteiger partial charge in [0.1, 0.15) is 11.5 Å². The Morgan fingerprint density at radius 3 is 2.78 bits per heavy atom. The number of carboxylic acids is 1. The third kappa shape index (κ3) is 4.08. The summed E-state index contributed by atoms with van der Waals surface area (Å²) in [6.45, 7) is 3.55. The second-order valence-electron chi connectivity index (χ2n) is 4.11. The molecule has 18 heavy (non-hydrogen) atoms. The first-order valence-corrected chi connectivity index (χ1v) is 5.52. The zero-order valence-corrected chi connectivity index (χ0v) is 10.6. The molecule has 0 saturated heterocycles. The van der Waals surface area contributed by atoms with Crippen molar-refractivity contribution in [2.75, 3.05) is 7.11 Å². The molecule has 0 amide bonds. The highest BCUT2D eigenvalue weighted by Crippen LogP contribution is 2.20. The Balaban J connectivity index is 2.99. The van der Waals surface area contributed by atoms with Gasteiger partial charge < -0.3 is 14.3 Å². The number of allylic oxidation sites excluding steroid dienone is 2. The fraction of sp³-hybridized carbons (Fsp3) is 0.385. The van der Waals surface area contributed by atoms with E-state index in [0.29, 0.717) is 17.1 Å². The number of carbonyl (C=O) groups is 1. The van der Waals surface area contributed by atoms with E-state index < -0.39 is 11.6 Å². The van der Waals surface area contributed by atoms with E-state index in [1.165, 1.54) is 13.2 Å². The van der Waals surface area contributed by atoms with E-state index in [-0.39, 0.29) is 12.3 Å².